The molecule has 0 aromatic heterocycles. The van der Waals surface area contributed by atoms with E-state index in [9.17, 15) is 4.79 Å². The molecule has 1 aliphatic heterocycles. The molecular weight excluding hydrogens is 240 g/mol. The molecule has 2 N–H and O–H groups in total. The molecule has 1 rings (SSSR count). The molecule has 0 aliphatic carbocycles. The molecule has 0 saturated carbocycles. The lowest BCUT2D eigenvalue weighted by molar-refractivity contribution is -0.137. The van der Waals surface area contributed by atoms with E-state index in [1.165, 1.54) is 6.42 Å². The van der Waals surface area contributed by atoms with Gasteiger partial charge in [0, 0.05) is 32.2 Å². The Kier molecular flexibility index (Phi) is 8.56. The number of rotatable bonds is 5. The summed E-state index contributed by atoms with van der Waals surface area (Å²) in [6, 6.07) is 0. The second-order valence-electron chi connectivity index (χ2n) is 4.59. The number of carbonyl (C=O) groups is 1. The molecule has 0 spiro atoms. The number of halogens is 1. The van der Waals surface area contributed by atoms with E-state index in [2.05, 4.69) is 0 Å². The lowest BCUT2D eigenvalue weighted by Crippen LogP contribution is -2.44. The zero-order valence-electron chi connectivity index (χ0n) is 10.9. The number of hydrogen-bond donors (Lipinski definition) is 1. The molecule has 0 aromatic rings. The lowest BCUT2D eigenvalue weighted by Gasteiger charge is -2.34. The molecular formula is C12H25ClN2O2. The van der Waals surface area contributed by atoms with E-state index < -0.39 is 0 Å². The summed E-state index contributed by atoms with van der Waals surface area (Å²) in [4.78, 5) is 13.9. The van der Waals surface area contributed by atoms with Crippen molar-refractivity contribution in [3.8, 4) is 0 Å². The first-order valence-corrected chi connectivity index (χ1v) is 6.25. The number of hydrogen-bond acceptors (Lipinski definition) is 3. The normalized spacial score (nSPS) is 21.8. The highest BCUT2D eigenvalue weighted by molar-refractivity contribution is 5.85. The first-order chi connectivity index (χ1) is 7.69. The van der Waals surface area contributed by atoms with E-state index in [-0.39, 0.29) is 24.2 Å². The van der Waals surface area contributed by atoms with Crippen molar-refractivity contribution in [3.63, 3.8) is 0 Å². The highest BCUT2D eigenvalue weighted by Gasteiger charge is 2.25. The molecule has 0 radical (unpaired) electrons. The van der Waals surface area contributed by atoms with Crippen molar-refractivity contribution in [2.75, 3.05) is 32.8 Å². The molecule has 1 fully saturated rings. The number of amides is 1. The van der Waals surface area contributed by atoms with Gasteiger partial charge in [-0.2, -0.15) is 0 Å². The molecule has 2 atom stereocenters. The summed E-state index contributed by atoms with van der Waals surface area (Å²) in [5, 5.41) is 0. The summed E-state index contributed by atoms with van der Waals surface area (Å²) < 4.78 is 5.43. The second kappa shape index (κ2) is 8.72. The average Bonchev–Trinajstić information content (AvgIpc) is 2.34. The van der Waals surface area contributed by atoms with Gasteiger partial charge in [0.1, 0.15) is 0 Å². The molecule has 17 heavy (non-hydrogen) atoms. The van der Waals surface area contributed by atoms with Crippen LogP contribution < -0.4 is 5.73 Å². The first kappa shape index (κ1) is 16.7. The fourth-order valence-electron chi connectivity index (χ4n) is 2.10. The van der Waals surface area contributed by atoms with Gasteiger partial charge >= 0.3 is 0 Å². The van der Waals surface area contributed by atoms with Gasteiger partial charge in [-0.25, -0.2) is 0 Å². The van der Waals surface area contributed by atoms with Crippen molar-refractivity contribution < 1.29 is 9.53 Å². The second-order valence-corrected chi connectivity index (χ2v) is 4.59. The molecule has 4 nitrogen and oxygen atoms in total. The van der Waals surface area contributed by atoms with Crippen molar-refractivity contribution in [1.29, 1.82) is 0 Å². The van der Waals surface area contributed by atoms with Gasteiger partial charge in [-0.1, -0.05) is 6.92 Å². The van der Waals surface area contributed by atoms with E-state index in [1.807, 2.05) is 18.7 Å². The van der Waals surface area contributed by atoms with Crippen LogP contribution in [0.3, 0.4) is 0 Å². The number of nitrogens with zero attached hydrogens (tertiary/aromatic N) is 1. The number of nitrogens with two attached hydrogens (primary N) is 1. The van der Waals surface area contributed by atoms with Crippen molar-refractivity contribution in [3.05, 3.63) is 0 Å². The molecule has 0 bridgehead atoms. The standard InChI is InChI=1S/C12H24N2O2.ClH/c1-3-16-9-11-5-4-6-14(8-11)12(15)10(2)7-13;/h10-11H,3-9,13H2,1-2H3;1H. The summed E-state index contributed by atoms with van der Waals surface area (Å²) in [6.45, 7) is 7.58. The summed E-state index contributed by atoms with van der Waals surface area (Å²) in [6.07, 6.45) is 2.25. The zero-order valence-corrected chi connectivity index (χ0v) is 11.7. The molecule has 102 valence electrons. The minimum atomic E-state index is -0.0501. The van der Waals surface area contributed by atoms with Crippen LogP contribution in [0, 0.1) is 11.8 Å². The monoisotopic (exact) mass is 264 g/mol. The van der Waals surface area contributed by atoms with Gasteiger partial charge in [-0.3, -0.25) is 4.79 Å². The Morgan fingerprint density at radius 2 is 2.29 bits per heavy atom. The number of carbonyl (C=O) groups excluding carboxylic acids is 1. The minimum Gasteiger partial charge on any atom is -0.381 e. The van der Waals surface area contributed by atoms with Crippen LogP contribution in [0.5, 0.6) is 0 Å². The molecule has 1 heterocycles. The quantitative estimate of drug-likeness (QED) is 0.814. The van der Waals surface area contributed by atoms with E-state index in [1.54, 1.807) is 0 Å². The molecule has 5 heteroatoms. The minimum absolute atomic E-state index is 0. The summed E-state index contributed by atoms with van der Waals surface area (Å²) in [7, 11) is 0. The van der Waals surface area contributed by atoms with E-state index in [0.717, 1.165) is 32.7 Å². The average molecular weight is 265 g/mol. The molecule has 2 unspecified atom stereocenters. The summed E-state index contributed by atoms with van der Waals surface area (Å²) in [5.74, 6) is 0.650. The third-order valence-corrected chi connectivity index (χ3v) is 3.16. The maximum absolute atomic E-state index is 12.0. The third kappa shape index (κ3) is 5.23. The van der Waals surface area contributed by atoms with Crippen LogP contribution in [0.1, 0.15) is 26.7 Å². The molecule has 1 aliphatic rings. The van der Waals surface area contributed by atoms with Crippen molar-refractivity contribution >= 4 is 18.3 Å². The largest absolute Gasteiger partial charge is 0.381 e. The van der Waals surface area contributed by atoms with Crippen LogP contribution in [0.15, 0.2) is 0 Å². The van der Waals surface area contributed by atoms with Crippen LogP contribution in [-0.4, -0.2) is 43.7 Å². The topological polar surface area (TPSA) is 55.6 Å². The van der Waals surface area contributed by atoms with Crippen molar-refractivity contribution in [1.82, 2.24) is 4.90 Å². The maximum atomic E-state index is 12.0. The fraction of sp³-hybridized carbons (Fsp3) is 0.917. The Morgan fingerprint density at radius 1 is 1.59 bits per heavy atom. The van der Waals surface area contributed by atoms with Crippen LogP contribution in [-0.2, 0) is 9.53 Å². The molecule has 1 saturated heterocycles. The van der Waals surface area contributed by atoms with Gasteiger partial charge < -0.3 is 15.4 Å². The maximum Gasteiger partial charge on any atom is 0.226 e. The van der Waals surface area contributed by atoms with Gasteiger partial charge in [0.2, 0.25) is 5.91 Å². The van der Waals surface area contributed by atoms with Gasteiger partial charge in [0.25, 0.3) is 0 Å². The third-order valence-electron chi connectivity index (χ3n) is 3.16. The van der Waals surface area contributed by atoms with Gasteiger partial charge in [-0.15, -0.1) is 12.4 Å². The van der Waals surface area contributed by atoms with Crippen molar-refractivity contribution in [2.24, 2.45) is 17.6 Å². The molecule has 0 aromatic carbocycles. The Bertz CT molecular complexity index is 227. The van der Waals surface area contributed by atoms with Crippen LogP contribution in [0.4, 0.5) is 0 Å². The van der Waals surface area contributed by atoms with Gasteiger partial charge in [0.15, 0.2) is 0 Å². The summed E-state index contributed by atoms with van der Waals surface area (Å²) >= 11 is 0. The number of piperidine rings is 1. The zero-order chi connectivity index (χ0) is 12.0. The summed E-state index contributed by atoms with van der Waals surface area (Å²) in [5.41, 5.74) is 5.52. The van der Waals surface area contributed by atoms with Crippen LogP contribution in [0.2, 0.25) is 0 Å². The van der Waals surface area contributed by atoms with Gasteiger partial charge in [-0.05, 0) is 25.7 Å². The SMILES string of the molecule is CCOCC1CCCN(C(=O)C(C)CN)C1.Cl. The Balaban J connectivity index is 0.00000256. The number of likely N-dealkylation sites (tertiary alicyclic amines) is 1. The first-order valence-electron chi connectivity index (χ1n) is 6.25. The van der Waals surface area contributed by atoms with E-state index >= 15 is 0 Å². The van der Waals surface area contributed by atoms with Crippen LogP contribution >= 0.6 is 12.4 Å². The number of ether oxygens (including phenoxy) is 1. The van der Waals surface area contributed by atoms with Gasteiger partial charge in [0.05, 0.1) is 6.61 Å². The predicted octanol–water partition coefficient (Wildman–Crippen LogP) is 1.28. The fourth-order valence-corrected chi connectivity index (χ4v) is 2.10. The highest BCUT2D eigenvalue weighted by atomic mass is 35.5. The van der Waals surface area contributed by atoms with E-state index in [0.29, 0.717) is 12.5 Å². The Hall–Kier alpha value is -0.320. The van der Waals surface area contributed by atoms with Crippen LogP contribution in [0.25, 0.3) is 0 Å². The Morgan fingerprint density at radius 3 is 2.88 bits per heavy atom. The van der Waals surface area contributed by atoms with E-state index in [4.69, 9.17) is 10.5 Å². The lowest BCUT2D eigenvalue weighted by atomic mass is 9.97. The smallest absolute Gasteiger partial charge is 0.226 e. The highest BCUT2D eigenvalue weighted by Crippen LogP contribution is 2.18. The molecule has 1 amide bonds. The van der Waals surface area contributed by atoms with Crippen molar-refractivity contribution in [2.45, 2.75) is 26.7 Å². The Labute approximate surface area is 110 Å². The predicted molar refractivity (Wildman–Crippen MR) is 71.3 cm³/mol.